The summed E-state index contributed by atoms with van der Waals surface area (Å²) in [7, 11) is 3.79. The van der Waals surface area contributed by atoms with E-state index in [9.17, 15) is 9.90 Å². The van der Waals surface area contributed by atoms with Crippen molar-refractivity contribution < 1.29 is 19.4 Å². The lowest BCUT2D eigenvalue weighted by Gasteiger charge is -2.22. The summed E-state index contributed by atoms with van der Waals surface area (Å²) >= 11 is 1.25. The molecule has 4 aromatic rings. The summed E-state index contributed by atoms with van der Waals surface area (Å²) in [5.74, 6) is -0.171. The third-order valence-electron chi connectivity index (χ3n) is 9.43. The van der Waals surface area contributed by atoms with E-state index in [2.05, 4.69) is 75.9 Å². The van der Waals surface area contributed by atoms with Crippen LogP contribution in [0, 0.1) is 0 Å². The van der Waals surface area contributed by atoms with Gasteiger partial charge < -0.3 is 24.5 Å². The summed E-state index contributed by atoms with van der Waals surface area (Å²) in [6, 6.07) is 8.56. The van der Waals surface area contributed by atoms with Crippen molar-refractivity contribution in [3.8, 4) is 5.88 Å². The molecule has 0 radical (unpaired) electrons. The first kappa shape index (κ1) is 43.2. The van der Waals surface area contributed by atoms with Crippen LogP contribution in [0.4, 0.5) is 5.95 Å². The fraction of sp³-hybridized carbons (Fsp3) is 0.465. The fourth-order valence-corrected chi connectivity index (χ4v) is 7.47. The van der Waals surface area contributed by atoms with Crippen LogP contribution in [-0.4, -0.2) is 61.9 Å². The molecular formula is C43H59N7O4S. The molecule has 55 heavy (non-hydrogen) atoms. The molecule has 11 nitrogen and oxygen atoms in total. The summed E-state index contributed by atoms with van der Waals surface area (Å²) in [4.78, 5) is 31.9. The molecule has 12 heteroatoms. The van der Waals surface area contributed by atoms with Gasteiger partial charge in [0, 0.05) is 60.0 Å². The summed E-state index contributed by atoms with van der Waals surface area (Å²) in [5.41, 5.74) is 10.6. The number of aryl methyl sites for hydroxylation is 1. The normalized spacial score (nSPS) is 13.6. The van der Waals surface area contributed by atoms with E-state index in [-0.39, 0.29) is 17.0 Å². The van der Waals surface area contributed by atoms with Crippen molar-refractivity contribution in [1.82, 2.24) is 29.8 Å². The number of nitrogens with zero attached hydrogens (tertiary/aromatic N) is 5. The summed E-state index contributed by atoms with van der Waals surface area (Å²) in [6.45, 7) is 22.8. The molecule has 1 aliphatic rings. The third-order valence-corrected chi connectivity index (χ3v) is 10.2. The lowest BCUT2D eigenvalue weighted by Crippen LogP contribution is -2.35. The first-order valence-electron chi connectivity index (χ1n) is 19.2. The second kappa shape index (κ2) is 19.9. The highest BCUT2D eigenvalue weighted by atomic mass is 32.2. The predicted octanol–water partition coefficient (Wildman–Crippen LogP) is 9.50. The molecule has 0 aliphatic heterocycles. The molecule has 0 spiro atoms. The number of ether oxygens (including phenoxy) is 2. The molecule has 0 bridgehead atoms. The highest BCUT2D eigenvalue weighted by molar-refractivity contribution is 8.00. The minimum absolute atomic E-state index is 0.0732. The van der Waals surface area contributed by atoms with E-state index in [1.165, 1.54) is 34.4 Å². The van der Waals surface area contributed by atoms with Crippen molar-refractivity contribution >= 4 is 40.6 Å². The van der Waals surface area contributed by atoms with Gasteiger partial charge >= 0.3 is 5.97 Å². The van der Waals surface area contributed by atoms with Gasteiger partial charge in [-0.15, -0.1) is 0 Å². The smallest absolute Gasteiger partial charge is 0.335 e. The molecule has 5 rings (SSSR count). The van der Waals surface area contributed by atoms with Crippen LogP contribution in [0.15, 0.2) is 70.8 Å². The van der Waals surface area contributed by atoms with Crippen LogP contribution in [0.25, 0.3) is 16.7 Å². The second-order valence-corrected chi connectivity index (χ2v) is 15.5. The molecule has 3 aromatic heterocycles. The number of carbonyl (C=O) groups is 1. The third kappa shape index (κ3) is 11.3. The second-order valence-electron chi connectivity index (χ2n) is 14.6. The summed E-state index contributed by atoms with van der Waals surface area (Å²) in [6.07, 6.45) is 8.41. The van der Waals surface area contributed by atoms with E-state index in [1.807, 2.05) is 32.2 Å². The molecule has 3 N–H and O–H groups in total. The number of benzene rings is 1. The van der Waals surface area contributed by atoms with E-state index in [4.69, 9.17) is 29.4 Å². The van der Waals surface area contributed by atoms with E-state index in [0.717, 1.165) is 70.7 Å². The fourth-order valence-electron chi connectivity index (χ4n) is 6.84. The minimum Gasteiger partial charge on any atom is -0.478 e. The van der Waals surface area contributed by atoms with Crippen molar-refractivity contribution in [1.29, 1.82) is 0 Å². The maximum atomic E-state index is 11.5. The lowest BCUT2D eigenvalue weighted by molar-refractivity contribution is 0.0696. The Kier molecular flexibility index (Phi) is 15.6. The maximum absolute atomic E-state index is 11.5. The minimum atomic E-state index is -0.980. The number of allylic oxidation sites excluding steroid dienone is 4. The number of aromatic carboxylic acids is 1. The molecule has 1 aromatic carbocycles. The lowest BCUT2D eigenvalue weighted by atomic mass is 9.88. The molecular weight excluding hydrogens is 711 g/mol. The summed E-state index contributed by atoms with van der Waals surface area (Å²) < 4.78 is 17.3. The number of hydrogen-bond donors (Lipinski definition) is 3. The monoisotopic (exact) mass is 769 g/mol. The molecule has 0 saturated carbocycles. The molecule has 1 atom stereocenters. The van der Waals surface area contributed by atoms with E-state index >= 15 is 0 Å². The van der Waals surface area contributed by atoms with Crippen LogP contribution in [0.1, 0.15) is 114 Å². The van der Waals surface area contributed by atoms with Gasteiger partial charge in [-0.3, -0.25) is 9.71 Å². The predicted molar refractivity (Wildman–Crippen MR) is 225 cm³/mol. The van der Waals surface area contributed by atoms with Gasteiger partial charge in [0.2, 0.25) is 11.8 Å². The van der Waals surface area contributed by atoms with E-state index < -0.39 is 5.97 Å². The number of carboxylic acid groups (broad SMARTS) is 1. The van der Waals surface area contributed by atoms with Gasteiger partial charge in [-0.2, -0.15) is 4.98 Å². The number of methoxy groups -OCH3 is 1. The van der Waals surface area contributed by atoms with Gasteiger partial charge in [0.25, 0.3) is 0 Å². The Bertz CT molecular complexity index is 2030. The highest BCUT2D eigenvalue weighted by Crippen LogP contribution is 2.35. The van der Waals surface area contributed by atoms with Crippen LogP contribution in [0.2, 0.25) is 0 Å². The van der Waals surface area contributed by atoms with Crippen molar-refractivity contribution in [3.05, 3.63) is 94.1 Å². The first-order valence-corrected chi connectivity index (χ1v) is 20.0. The number of rotatable bonds is 17. The van der Waals surface area contributed by atoms with Crippen molar-refractivity contribution in [2.45, 2.75) is 110 Å². The van der Waals surface area contributed by atoms with Gasteiger partial charge in [-0.25, -0.2) is 14.8 Å². The summed E-state index contributed by atoms with van der Waals surface area (Å²) in [5, 5.41) is 13.1. The molecule has 296 valence electrons. The number of carboxylic acids is 1. The van der Waals surface area contributed by atoms with Crippen LogP contribution in [0.3, 0.4) is 0 Å². The van der Waals surface area contributed by atoms with Crippen molar-refractivity contribution in [3.63, 3.8) is 0 Å². The van der Waals surface area contributed by atoms with Crippen LogP contribution < -0.4 is 14.8 Å². The Morgan fingerprint density at radius 1 is 1.15 bits per heavy atom. The van der Waals surface area contributed by atoms with Crippen molar-refractivity contribution in [2.75, 3.05) is 25.0 Å². The number of anilines is 1. The number of aromatic nitrogens is 5. The Balaban J connectivity index is 0.00000331. The Labute approximate surface area is 331 Å². The molecule has 0 saturated heterocycles. The van der Waals surface area contributed by atoms with E-state index in [1.54, 1.807) is 25.3 Å². The number of hydrogen-bond acceptors (Lipinski definition) is 10. The van der Waals surface area contributed by atoms with E-state index in [0.29, 0.717) is 31.6 Å². The molecule has 1 aliphatic carbocycles. The molecule has 0 amide bonds. The largest absolute Gasteiger partial charge is 0.478 e. The number of nitrogens with one attached hydrogen (secondary N) is 2. The van der Waals surface area contributed by atoms with Gasteiger partial charge in [-0.05, 0) is 81.7 Å². The zero-order valence-corrected chi connectivity index (χ0v) is 35.1. The Morgan fingerprint density at radius 2 is 1.91 bits per heavy atom. The topological polar surface area (TPSA) is 136 Å². The maximum Gasteiger partial charge on any atom is 0.335 e. The van der Waals surface area contributed by atoms with Gasteiger partial charge in [0.15, 0.2) is 5.65 Å². The number of fused-ring (bicyclic) bond motifs is 1. The average molecular weight is 770 g/mol. The molecule has 1 unspecified atom stereocenters. The van der Waals surface area contributed by atoms with Crippen molar-refractivity contribution in [2.24, 2.45) is 7.05 Å². The van der Waals surface area contributed by atoms with Crippen LogP contribution in [0.5, 0.6) is 5.88 Å². The van der Waals surface area contributed by atoms with Gasteiger partial charge in [0.1, 0.15) is 12.1 Å². The van der Waals surface area contributed by atoms with Gasteiger partial charge in [0.05, 0.1) is 29.8 Å². The van der Waals surface area contributed by atoms with Crippen LogP contribution in [-0.2, 0) is 30.2 Å². The highest BCUT2D eigenvalue weighted by Gasteiger charge is 2.27. The van der Waals surface area contributed by atoms with Crippen LogP contribution >= 0.6 is 11.9 Å². The molecule has 3 heterocycles. The zero-order valence-electron chi connectivity index (χ0n) is 34.3. The zero-order chi connectivity index (χ0) is 40.3. The average Bonchev–Trinajstić information content (AvgIpc) is 3.45. The SMILES string of the molecule is C=C(CC)CC(COc1cc(C2=C(C)CCC=C2C)nc(NSc2cccc(C(=O)O)c2)n1)NCc1cnc2c(CCOC)c(C(C)(C)C)n(C)c2n1.CC. The Morgan fingerprint density at radius 3 is 2.58 bits per heavy atom. The standard InChI is InChI=1S/C41H53N7O4S.C2H6/c1-10-25(2)19-29(42-22-30-23-43-36-32(17-18-51-9)37(41(5,6)7)48(8)38(36)44-30)24-52-34-21-33(35-26(3)13-11-14-27(35)4)45-40(46-34)47-53-31-16-12-15-28(20-31)39(49)50;1-2/h12-13,15-16,20-21,23,29,42H,2,10-11,14,17-19,22,24H2,1,3-9H3,(H,49,50)(H,45,46,47);1-2H3. The Hall–Kier alpha value is -4.52. The quantitative estimate of drug-likeness (QED) is 0.0700. The van der Waals surface area contributed by atoms with Gasteiger partial charge in [-0.1, -0.05) is 71.4 Å². The molecule has 0 fully saturated rings. The first-order chi connectivity index (χ1) is 26.3.